The van der Waals surface area contributed by atoms with Crippen molar-refractivity contribution in [1.82, 2.24) is 9.80 Å². The number of carbonyl (C=O) groups excluding carboxylic acids is 2. The van der Waals surface area contributed by atoms with Gasteiger partial charge in [0.05, 0.1) is 12.1 Å². The average Bonchev–Trinajstić information content (AvgIpc) is 2.82. The van der Waals surface area contributed by atoms with Crippen LogP contribution in [-0.2, 0) is 11.0 Å². The summed E-state index contributed by atoms with van der Waals surface area (Å²) in [5.41, 5.74) is -0.582. The number of hydrogen-bond acceptors (Lipinski definition) is 4. The summed E-state index contributed by atoms with van der Waals surface area (Å²) in [4.78, 5) is 28.8. The molecule has 2 amide bonds. The van der Waals surface area contributed by atoms with Crippen LogP contribution in [0.25, 0.3) is 0 Å². The highest BCUT2D eigenvalue weighted by molar-refractivity contribution is 5.94. The first-order valence-corrected chi connectivity index (χ1v) is 10.8. The van der Waals surface area contributed by atoms with Gasteiger partial charge in [0.15, 0.2) is 17.6 Å². The number of likely N-dealkylation sites (N-methyl/N-ethyl adjacent to an activating group) is 1. The Bertz CT molecular complexity index is 1000. The molecule has 2 heterocycles. The van der Waals surface area contributed by atoms with Crippen LogP contribution in [0, 0.1) is 5.92 Å². The minimum Gasteiger partial charge on any atom is -0.486 e. The Hall–Kier alpha value is -3.23. The second kappa shape index (κ2) is 9.33. The number of fused-ring (bicyclic) bond motifs is 1. The van der Waals surface area contributed by atoms with Crippen molar-refractivity contribution in [3.63, 3.8) is 0 Å². The van der Waals surface area contributed by atoms with E-state index in [9.17, 15) is 22.8 Å². The first-order chi connectivity index (χ1) is 15.7. The fraction of sp³-hybridized carbons (Fsp3) is 0.417. The van der Waals surface area contributed by atoms with Gasteiger partial charge in [-0.3, -0.25) is 9.59 Å². The maximum absolute atomic E-state index is 12.9. The Morgan fingerprint density at radius 1 is 1.03 bits per heavy atom. The molecule has 2 aromatic rings. The van der Waals surface area contributed by atoms with Crippen molar-refractivity contribution in [2.24, 2.45) is 5.92 Å². The second-order valence-electron chi connectivity index (χ2n) is 8.36. The third-order valence-electron chi connectivity index (χ3n) is 6.01. The number of amides is 2. The summed E-state index contributed by atoms with van der Waals surface area (Å²) < 4.78 is 49.8. The molecule has 2 aromatic carbocycles. The van der Waals surface area contributed by atoms with E-state index in [0.29, 0.717) is 50.6 Å². The molecule has 33 heavy (non-hydrogen) atoms. The Balaban J connectivity index is 1.27. The van der Waals surface area contributed by atoms with Gasteiger partial charge in [0.2, 0.25) is 5.91 Å². The highest BCUT2D eigenvalue weighted by Crippen LogP contribution is 2.32. The molecule has 176 valence electrons. The summed E-state index contributed by atoms with van der Waals surface area (Å²) in [6, 6.07) is 11.6. The zero-order valence-electron chi connectivity index (χ0n) is 18.2. The first-order valence-electron chi connectivity index (χ1n) is 10.8. The average molecular weight is 462 g/mol. The number of rotatable bonds is 4. The van der Waals surface area contributed by atoms with Crippen LogP contribution in [0.15, 0.2) is 48.5 Å². The second-order valence-corrected chi connectivity index (χ2v) is 8.36. The van der Waals surface area contributed by atoms with E-state index in [1.54, 1.807) is 16.8 Å². The monoisotopic (exact) mass is 462 g/mol. The number of benzene rings is 2. The zero-order valence-corrected chi connectivity index (χ0v) is 18.2. The lowest BCUT2D eigenvalue weighted by atomic mass is 9.94. The van der Waals surface area contributed by atoms with E-state index in [2.05, 4.69) is 0 Å². The molecule has 1 unspecified atom stereocenters. The lowest BCUT2D eigenvalue weighted by molar-refractivity contribution is -0.138. The van der Waals surface area contributed by atoms with Crippen molar-refractivity contribution in [1.29, 1.82) is 0 Å². The van der Waals surface area contributed by atoms with E-state index in [4.69, 9.17) is 9.47 Å². The quantitative estimate of drug-likeness (QED) is 0.693. The first kappa shape index (κ1) is 22.9. The van der Waals surface area contributed by atoms with Gasteiger partial charge >= 0.3 is 6.18 Å². The van der Waals surface area contributed by atoms with Crippen LogP contribution in [0.5, 0.6) is 11.5 Å². The smallest absolute Gasteiger partial charge is 0.416 e. The molecule has 9 heteroatoms. The standard InChI is InChI=1S/C24H25F3N2O4/c1-28(14-19-15-32-20-4-2-3-5-21(20)33-19)22(30)17-10-12-29(13-11-17)23(31)16-6-8-18(9-7-16)24(25,26)27/h2-9,17,19H,10-15H2,1H3. The van der Waals surface area contributed by atoms with Gasteiger partial charge < -0.3 is 19.3 Å². The fourth-order valence-corrected chi connectivity index (χ4v) is 4.17. The van der Waals surface area contributed by atoms with Gasteiger partial charge in [0.1, 0.15) is 6.61 Å². The van der Waals surface area contributed by atoms with E-state index in [0.717, 1.165) is 12.1 Å². The van der Waals surface area contributed by atoms with Crippen molar-refractivity contribution >= 4 is 11.8 Å². The third-order valence-corrected chi connectivity index (χ3v) is 6.01. The minimum absolute atomic E-state index is 0.0147. The predicted octanol–water partition coefficient (Wildman–Crippen LogP) is 3.86. The van der Waals surface area contributed by atoms with E-state index in [-0.39, 0.29) is 29.4 Å². The molecule has 1 atom stereocenters. The number of nitrogens with zero attached hydrogens (tertiary/aromatic N) is 2. The molecular formula is C24H25F3N2O4. The molecule has 2 aliphatic rings. The Morgan fingerprint density at radius 3 is 2.30 bits per heavy atom. The van der Waals surface area contributed by atoms with Crippen LogP contribution >= 0.6 is 0 Å². The summed E-state index contributed by atoms with van der Waals surface area (Å²) in [6.07, 6.45) is -3.71. The van der Waals surface area contributed by atoms with Gasteiger partial charge in [-0.25, -0.2) is 0 Å². The number of alkyl halides is 3. The molecule has 0 saturated carbocycles. The Labute approximate surface area is 189 Å². The molecule has 0 N–H and O–H groups in total. The summed E-state index contributed by atoms with van der Waals surface area (Å²) in [6.45, 7) is 1.49. The molecule has 1 saturated heterocycles. The number of likely N-dealkylation sites (tertiary alicyclic amines) is 1. The number of hydrogen-bond donors (Lipinski definition) is 0. The molecule has 4 rings (SSSR count). The van der Waals surface area contributed by atoms with Gasteiger partial charge in [0.25, 0.3) is 5.91 Å². The van der Waals surface area contributed by atoms with Crippen molar-refractivity contribution in [2.75, 3.05) is 33.3 Å². The minimum atomic E-state index is -4.44. The highest BCUT2D eigenvalue weighted by Gasteiger charge is 2.33. The fourth-order valence-electron chi connectivity index (χ4n) is 4.17. The van der Waals surface area contributed by atoms with Crippen molar-refractivity contribution in [3.8, 4) is 11.5 Å². The van der Waals surface area contributed by atoms with Crippen molar-refractivity contribution in [3.05, 3.63) is 59.7 Å². The van der Waals surface area contributed by atoms with E-state index >= 15 is 0 Å². The Morgan fingerprint density at radius 2 is 1.67 bits per heavy atom. The molecule has 0 spiro atoms. The zero-order chi connectivity index (χ0) is 23.6. The molecule has 0 aromatic heterocycles. The van der Waals surface area contributed by atoms with Gasteiger partial charge in [0, 0.05) is 31.6 Å². The van der Waals surface area contributed by atoms with Crippen LogP contribution in [0.1, 0.15) is 28.8 Å². The van der Waals surface area contributed by atoms with Gasteiger partial charge in [-0.2, -0.15) is 13.2 Å². The van der Waals surface area contributed by atoms with E-state index in [1.807, 2.05) is 24.3 Å². The molecule has 0 radical (unpaired) electrons. The summed E-state index contributed by atoms with van der Waals surface area (Å²) >= 11 is 0. The van der Waals surface area contributed by atoms with Crippen LogP contribution in [0.2, 0.25) is 0 Å². The SMILES string of the molecule is CN(CC1COc2ccccc2O1)C(=O)C1CCN(C(=O)c2ccc(C(F)(F)F)cc2)CC1. The topological polar surface area (TPSA) is 59.1 Å². The number of ether oxygens (including phenoxy) is 2. The molecule has 1 fully saturated rings. The van der Waals surface area contributed by atoms with Gasteiger partial charge in [-0.15, -0.1) is 0 Å². The lowest BCUT2D eigenvalue weighted by Crippen LogP contribution is -2.47. The number of para-hydroxylation sites is 2. The Kier molecular flexibility index (Phi) is 6.49. The van der Waals surface area contributed by atoms with Crippen LogP contribution in [0.3, 0.4) is 0 Å². The third kappa shape index (κ3) is 5.23. The molecule has 2 aliphatic heterocycles. The molecule has 0 aliphatic carbocycles. The van der Waals surface area contributed by atoms with Gasteiger partial charge in [-0.05, 0) is 49.2 Å². The van der Waals surface area contributed by atoms with Gasteiger partial charge in [-0.1, -0.05) is 12.1 Å². The van der Waals surface area contributed by atoms with E-state index < -0.39 is 11.7 Å². The number of piperidine rings is 1. The maximum Gasteiger partial charge on any atom is 0.416 e. The summed E-state index contributed by atoms with van der Waals surface area (Å²) in [7, 11) is 1.73. The van der Waals surface area contributed by atoms with Crippen molar-refractivity contribution < 1.29 is 32.2 Å². The summed E-state index contributed by atoms with van der Waals surface area (Å²) in [5, 5.41) is 0. The number of carbonyl (C=O) groups is 2. The lowest BCUT2D eigenvalue weighted by Gasteiger charge is -2.35. The number of halogens is 3. The predicted molar refractivity (Wildman–Crippen MR) is 114 cm³/mol. The molecule has 0 bridgehead atoms. The normalized spacial score (nSPS) is 18.7. The van der Waals surface area contributed by atoms with E-state index in [1.165, 1.54) is 12.1 Å². The molecular weight excluding hydrogens is 437 g/mol. The van der Waals surface area contributed by atoms with Crippen LogP contribution < -0.4 is 9.47 Å². The highest BCUT2D eigenvalue weighted by atomic mass is 19.4. The van der Waals surface area contributed by atoms with Crippen LogP contribution in [-0.4, -0.2) is 61.0 Å². The summed E-state index contributed by atoms with van der Waals surface area (Å²) in [5.74, 6) is 0.787. The van der Waals surface area contributed by atoms with Crippen LogP contribution in [0.4, 0.5) is 13.2 Å². The largest absolute Gasteiger partial charge is 0.486 e. The maximum atomic E-state index is 12.9. The van der Waals surface area contributed by atoms with Crippen molar-refractivity contribution in [2.45, 2.75) is 25.1 Å². The molecule has 6 nitrogen and oxygen atoms in total.